The molecule has 0 aromatic carbocycles. The molecule has 1 N–H and O–H groups in total. The highest BCUT2D eigenvalue weighted by Crippen LogP contribution is 2.67. The molecule has 3 unspecified atom stereocenters. The normalized spacial score (nSPS) is 54.8. The molecule has 0 aromatic heterocycles. The zero-order chi connectivity index (χ0) is 18.5. The Balaban J connectivity index is 1.64. The second kappa shape index (κ2) is 5.21. The van der Waals surface area contributed by atoms with Gasteiger partial charge in [0.05, 0.1) is 12.2 Å². The molecule has 3 saturated carbocycles. The first-order chi connectivity index (χ1) is 12.2. The molecular weight excluding hydrogens is 328 g/mol. The Morgan fingerprint density at radius 3 is 2.58 bits per heavy atom. The van der Waals surface area contributed by atoms with Crippen molar-refractivity contribution in [1.29, 1.82) is 0 Å². The fourth-order valence-electron chi connectivity index (χ4n) is 7.42. The number of carbonyl (C=O) groups excluding carboxylic acids is 1. The number of aliphatic hydroxyl groups excluding tert-OH is 1. The van der Waals surface area contributed by atoms with Crippen molar-refractivity contribution in [3.05, 3.63) is 11.6 Å². The van der Waals surface area contributed by atoms with Crippen LogP contribution in [0.4, 0.5) is 0 Å². The highest BCUT2D eigenvalue weighted by molar-refractivity contribution is 5.92. The molecule has 1 saturated heterocycles. The molecule has 5 rings (SSSR count). The van der Waals surface area contributed by atoms with Crippen molar-refractivity contribution in [3.8, 4) is 0 Å². The summed E-state index contributed by atoms with van der Waals surface area (Å²) in [5.41, 5.74) is 1.22. The molecule has 144 valence electrons. The van der Waals surface area contributed by atoms with Gasteiger partial charge < -0.3 is 14.6 Å². The lowest BCUT2D eigenvalue weighted by atomic mass is 9.46. The first-order valence-corrected chi connectivity index (χ1v) is 10.4. The number of ketones is 1. The van der Waals surface area contributed by atoms with E-state index in [9.17, 15) is 9.90 Å². The maximum Gasteiger partial charge on any atom is 0.164 e. The third-order valence-electron chi connectivity index (χ3n) is 8.78. The van der Waals surface area contributed by atoms with Crippen molar-refractivity contribution < 1.29 is 19.4 Å². The van der Waals surface area contributed by atoms with Gasteiger partial charge in [-0.3, -0.25) is 4.79 Å². The van der Waals surface area contributed by atoms with Crippen molar-refractivity contribution in [3.63, 3.8) is 0 Å². The summed E-state index contributed by atoms with van der Waals surface area (Å²) in [7, 11) is 0. The minimum absolute atomic E-state index is 0.00384. The average molecular weight is 360 g/mol. The van der Waals surface area contributed by atoms with Crippen LogP contribution in [0.2, 0.25) is 0 Å². The maximum absolute atomic E-state index is 12.2. The third kappa shape index (κ3) is 2.10. The van der Waals surface area contributed by atoms with Gasteiger partial charge in [-0.1, -0.05) is 13.8 Å². The molecule has 4 heteroatoms. The van der Waals surface area contributed by atoms with Crippen molar-refractivity contribution in [2.75, 3.05) is 0 Å². The highest BCUT2D eigenvalue weighted by Gasteiger charge is 2.66. The SMILES string of the molecule is CC1(C)O[C@@H]2C3=CC(=O)CC[C@]3(C)C3CC[C@@]4(C)C(CC[C@@H]4O)C3[C@H]2O1. The molecule has 0 bridgehead atoms. The van der Waals surface area contributed by atoms with E-state index in [1.165, 1.54) is 5.57 Å². The molecule has 26 heavy (non-hydrogen) atoms. The highest BCUT2D eigenvalue weighted by atomic mass is 16.8. The van der Waals surface area contributed by atoms with Gasteiger partial charge >= 0.3 is 0 Å². The van der Waals surface area contributed by atoms with Gasteiger partial charge in [0.2, 0.25) is 0 Å². The van der Waals surface area contributed by atoms with E-state index in [4.69, 9.17) is 9.47 Å². The molecule has 4 fully saturated rings. The van der Waals surface area contributed by atoms with Crippen LogP contribution in [0.15, 0.2) is 11.6 Å². The Kier molecular flexibility index (Phi) is 3.48. The Hall–Kier alpha value is -0.710. The number of carbonyl (C=O) groups is 1. The molecular formula is C22H32O4. The van der Waals surface area contributed by atoms with Gasteiger partial charge in [-0.15, -0.1) is 0 Å². The first-order valence-electron chi connectivity index (χ1n) is 10.4. The standard InChI is InChI=1S/C22H32O4/c1-20(2)25-18-15-11-12(23)7-9-21(15,3)14-8-10-22(4)13(5-6-16(22)24)17(14)19(18)26-20/h11,13-14,16-19,24H,5-10H2,1-4H3/t13?,14?,16-,17?,18+,19+,21+,22-/m0/s1. The fraction of sp³-hybridized carbons (Fsp3) is 0.864. The minimum Gasteiger partial charge on any atom is -0.393 e. The van der Waals surface area contributed by atoms with Crippen molar-refractivity contribution >= 4 is 5.78 Å². The fourth-order valence-corrected chi connectivity index (χ4v) is 7.42. The molecule has 4 nitrogen and oxygen atoms in total. The van der Waals surface area contributed by atoms with Gasteiger partial charge in [0.25, 0.3) is 0 Å². The van der Waals surface area contributed by atoms with Gasteiger partial charge in [0, 0.05) is 6.42 Å². The maximum atomic E-state index is 12.2. The number of ether oxygens (including phenoxy) is 2. The van der Waals surface area contributed by atoms with Gasteiger partial charge in [0.1, 0.15) is 6.10 Å². The average Bonchev–Trinajstić information content (AvgIpc) is 3.05. The molecule has 0 aromatic rings. The number of rotatable bonds is 0. The van der Waals surface area contributed by atoms with Gasteiger partial charge in [-0.25, -0.2) is 0 Å². The van der Waals surface area contributed by atoms with E-state index < -0.39 is 5.79 Å². The molecule has 8 atom stereocenters. The lowest BCUT2D eigenvalue weighted by molar-refractivity contribution is -0.164. The van der Waals surface area contributed by atoms with Crippen LogP contribution in [-0.4, -0.2) is 35.0 Å². The van der Waals surface area contributed by atoms with E-state index in [-0.39, 0.29) is 34.9 Å². The van der Waals surface area contributed by atoms with E-state index in [0.717, 1.165) is 32.1 Å². The molecule has 1 aliphatic heterocycles. The second-order valence-electron chi connectivity index (χ2n) is 10.4. The van der Waals surface area contributed by atoms with Gasteiger partial charge in [-0.05, 0) is 86.2 Å². The molecule has 0 radical (unpaired) electrons. The second-order valence-corrected chi connectivity index (χ2v) is 10.4. The quantitative estimate of drug-likeness (QED) is 0.717. The third-order valence-corrected chi connectivity index (χ3v) is 8.78. The van der Waals surface area contributed by atoms with E-state index in [1.54, 1.807) is 0 Å². The summed E-state index contributed by atoms with van der Waals surface area (Å²) in [6.45, 7) is 8.64. The lowest BCUT2D eigenvalue weighted by Crippen LogP contribution is -2.59. The van der Waals surface area contributed by atoms with Crippen LogP contribution in [0.5, 0.6) is 0 Å². The van der Waals surface area contributed by atoms with Crippen LogP contribution in [0, 0.1) is 28.6 Å². The predicted molar refractivity (Wildman–Crippen MR) is 97.3 cm³/mol. The van der Waals surface area contributed by atoms with E-state index >= 15 is 0 Å². The molecule has 4 aliphatic carbocycles. The lowest BCUT2D eigenvalue weighted by Gasteiger charge is -2.60. The Labute approximate surface area is 156 Å². The largest absolute Gasteiger partial charge is 0.393 e. The molecule has 1 heterocycles. The number of hydrogen-bond donors (Lipinski definition) is 1. The Morgan fingerprint density at radius 2 is 1.81 bits per heavy atom. The summed E-state index contributed by atoms with van der Waals surface area (Å²) in [4.78, 5) is 12.2. The minimum atomic E-state index is -0.614. The summed E-state index contributed by atoms with van der Waals surface area (Å²) >= 11 is 0. The molecule has 0 spiro atoms. The summed E-state index contributed by atoms with van der Waals surface area (Å²) in [6, 6.07) is 0. The number of aliphatic hydroxyl groups is 1. The van der Waals surface area contributed by atoms with Crippen molar-refractivity contribution in [2.24, 2.45) is 28.6 Å². The summed E-state index contributed by atoms with van der Waals surface area (Å²) in [5, 5.41) is 10.7. The van der Waals surface area contributed by atoms with Crippen LogP contribution in [0.25, 0.3) is 0 Å². The van der Waals surface area contributed by atoms with Crippen molar-refractivity contribution in [1.82, 2.24) is 0 Å². The van der Waals surface area contributed by atoms with E-state index in [0.29, 0.717) is 24.2 Å². The molecule has 0 amide bonds. The Morgan fingerprint density at radius 1 is 1.04 bits per heavy atom. The smallest absolute Gasteiger partial charge is 0.164 e. The zero-order valence-electron chi connectivity index (χ0n) is 16.5. The van der Waals surface area contributed by atoms with Gasteiger partial charge in [0.15, 0.2) is 11.6 Å². The number of fused-ring (bicyclic) bond motifs is 8. The summed E-state index contributed by atoms with van der Waals surface area (Å²) in [5.74, 6) is 1.03. The van der Waals surface area contributed by atoms with Crippen LogP contribution in [0.3, 0.4) is 0 Å². The topological polar surface area (TPSA) is 55.8 Å². The summed E-state index contributed by atoms with van der Waals surface area (Å²) < 4.78 is 12.9. The Bertz CT molecular complexity index is 682. The van der Waals surface area contributed by atoms with Gasteiger partial charge in [-0.2, -0.15) is 0 Å². The predicted octanol–water partition coefficient (Wildman–Crippen LogP) is 3.62. The number of hydrogen-bond acceptors (Lipinski definition) is 4. The first kappa shape index (κ1) is 17.4. The zero-order valence-corrected chi connectivity index (χ0v) is 16.5. The van der Waals surface area contributed by atoms with E-state index in [1.807, 2.05) is 19.9 Å². The van der Waals surface area contributed by atoms with Crippen molar-refractivity contribution in [2.45, 2.75) is 90.3 Å². The van der Waals surface area contributed by atoms with Crippen LogP contribution in [0.1, 0.15) is 66.2 Å². The monoisotopic (exact) mass is 360 g/mol. The molecule has 5 aliphatic rings. The van der Waals surface area contributed by atoms with Crippen LogP contribution >= 0.6 is 0 Å². The van der Waals surface area contributed by atoms with Crippen LogP contribution < -0.4 is 0 Å². The van der Waals surface area contributed by atoms with Crippen LogP contribution in [-0.2, 0) is 14.3 Å². The van der Waals surface area contributed by atoms with E-state index in [2.05, 4.69) is 13.8 Å². The summed E-state index contributed by atoms with van der Waals surface area (Å²) in [6.07, 6.45) is 7.36.